The van der Waals surface area contributed by atoms with Crippen LogP contribution in [0.5, 0.6) is 0 Å². The Morgan fingerprint density at radius 2 is 2.29 bits per heavy atom. The zero-order valence-corrected chi connectivity index (χ0v) is 10.6. The smallest absolute Gasteiger partial charge is 0.317 e. The lowest BCUT2D eigenvalue weighted by Gasteiger charge is -2.17. The van der Waals surface area contributed by atoms with Crippen LogP contribution in [-0.2, 0) is 6.42 Å². The molecular weight excluding hydrogens is 212 g/mol. The summed E-state index contributed by atoms with van der Waals surface area (Å²) in [6, 6.07) is 9.07. The normalized spacial score (nSPS) is 19.5. The Hall–Kier alpha value is -1.51. The number of hydrogen-bond donors (Lipinski definition) is 1. The van der Waals surface area contributed by atoms with Gasteiger partial charge in [-0.25, -0.2) is 4.79 Å². The number of rotatable bonds is 4. The third-order valence-corrected chi connectivity index (χ3v) is 3.44. The molecule has 2 rings (SSSR count). The van der Waals surface area contributed by atoms with Gasteiger partial charge < -0.3 is 10.2 Å². The lowest BCUT2D eigenvalue weighted by Crippen LogP contribution is -2.29. The van der Waals surface area contributed by atoms with Crippen molar-refractivity contribution in [3.05, 3.63) is 35.4 Å². The Bertz CT molecular complexity index is 403. The van der Waals surface area contributed by atoms with E-state index in [0.717, 1.165) is 25.8 Å². The Balaban J connectivity index is 1.78. The van der Waals surface area contributed by atoms with Gasteiger partial charge in [0.05, 0.1) is 6.04 Å². The first kappa shape index (κ1) is 12.0. The molecule has 0 radical (unpaired) electrons. The predicted molar refractivity (Wildman–Crippen MR) is 69.1 cm³/mol. The van der Waals surface area contributed by atoms with Crippen molar-refractivity contribution < 1.29 is 4.79 Å². The molecule has 17 heavy (non-hydrogen) atoms. The molecule has 3 nitrogen and oxygen atoms in total. The Labute approximate surface area is 103 Å². The fraction of sp³-hybridized carbons (Fsp3) is 0.500. The minimum Gasteiger partial charge on any atom is -0.336 e. The van der Waals surface area contributed by atoms with Gasteiger partial charge in [0.2, 0.25) is 0 Å². The number of aryl methyl sites for hydroxylation is 2. The Kier molecular flexibility index (Phi) is 3.67. The number of nitrogens with zero attached hydrogens (tertiary/aromatic N) is 1. The predicted octanol–water partition coefficient (Wildman–Crippen LogP) is 2.34. The van der Waals surface area contributed by atoms with Crippen LogP contribution in [0.1, 0.15) is 24.0 Å². The summed E-state index contributed by atoms with van der Waals surface area (Å²) < 4.78 is 0. The molecule has 92 valence electrons. The molecule has 1 N–H and O–H groups in total. The summed E-state index contributed by atoms with van der Waals surface area (Å²) in [6.45, 7) is 2.92. The number of nitrogens with one attached hydrogen (secondary N) is 1. The average Bonchev–Trinajstić information content (AvgIpc) is 2.61. The highest BCUT2D eigenvalue weighted by Crippen LogP contribution is 2.13. The summed E-state index contributed by atoms with van der Waals surface area (Å²) in [6.07, 6.45) is 3.30. The molecule has 0 bridgehead atoms. The van der Waals surface area contributed by atoms with Crippen molar-refractivity contribution in [2.45, 2.75) is 32.2 Å². The molecule has 3 heteroatoms. The zero-order valence-electron chi connectivity index (χ0n) is 10.6. The first-order chi connectivity index (χ1) is 8.16. The van der Waals surface area contributed by atoms with Crippen molar-refractivity contribution >= 4 is 6.03 Å². The maximum atomic E-state index is 11.3. The van der Waals surface area contributed by atoms with Crippen LogP contribution in [0, 0.1) is 6.92 Å². The van der Waals surface area contributed by atoms with Crippen molar-refractivity contribution in [1.29, 1.82) is 0 Å². The fourth-order valence-corrected chi connectivity index (χ4v) is 2.34. The van der Waals surface area contributed by atoms with Gasteiger partial charge >= 0.3 is 6.03 Å². The molecule has 1 saturated heterocycles. The van der Waals surface area contributed by atoms with Crippen LogP contribution < -0.4 is 5.32 Å². The molecule has 1 aromatic rings. The molecule has 1 atom stereocenters. The monoisotopic (exact) mass is 232 g/mol. The first-order valence-electron chi connectivity index (χ1n) is 6.23. The Morgan fingerprint density at radius 3 is 2.94 bits per heavy atom. The highest BCUT2D eigenvalue weighted by molar-refractivity contribution is 5.76. The molecule has 1 aliphatic rings. The number of urea groups is 1. The molecule has 0 saturated carbocycles. The second-order valence-corrected chi connectivity index (χ2v) is 4.83. The van der Waals surface area contributed by atoms with E-state index < -0.39 is 0 Å². The van der Waals surface area contributed by atoms with Gasteiger partial charge in [-0.2, -0.15) is 0 Å². The second-order valence-electron chi connectivity index (χ2n) is 4.83. The van der Waals surface area contributed by atoms with E-state index in [1.165, 1.54) is 11.1 Å². The van der Waals surface area contributed by atoms with Crippen molar-refractivity contribution in [3.63, 3.8) is 0 Å². The van der Waals surface area contributed by atoms with Gasteiger partial charge in [-0.15, -0.1) is 0 Å². The Morgan fingerprint density at radius 1 is 1.47 bits per heavy atom. The molecule has 2 amide bonds. The van der Waals surface area contributed by atoms with Crippen molar-refractivity contribution in [2.75, 3.05) is 13.6 Å². The van der Waals surface area contributed by atoms with Crippen LogP contribution in [0.15, 0.2) is 24.3 Å². The minimum absolute atomic E-state index is 0.0607. The quantitative estimate of drug-likeness (QED) is 0.849. The second kappa shape index (κ2) is 5.21. The van der Waals surface area contributed by atoms with Crippen LogP contribution in [0.3, 0.4) is 0 Å². The van der Waals surface area contributed by atoms with Crippen LogP contribution in [0.4, 0.5) is 4.79 Å². The van der Waals surface area contributed by atoms with Crippen molar-refractivity contribution in [2.24, 2.45) is 0 Å². The van der Waals surface area contributed by atoms with Gasteiger partial charge in [-0.05, 0) is 31.7 Å². The first-order valence-corrected chi connectivity index (χ1v) is 6.23. The van der Waals surface area contributed by atoms with Crippen LogP contribution in [-0.4, -0.2) is 30.6 Å². The molecule has 0 aliphatic carbocycles. The number of likely N-dealkylation sites (N-methyl/N-ethyl adjacent to an activating group) is 1. The molecule has 1 unspecified atom stereocenters. The highest BCUT2D eigenvalue weighted by Gasteiger charge is 2.26. The van der Waals surface area contributed by atoms with Crippen LogP contribution >= 0.6 is 0 Å². The van der Waals surface area contributed by atoms with Gasteiger partial charge in [-0.1, -0.05) is 29.8 Å². The molecule has 0 aromatic heterocycles. The summed E-state index contributed by atoms with van der Waals surface area (Å²) in [5, 5.41) is 2.86. The number of amides is 2. The molecule has 1 aromatic carbocycles. The summed E-state index contributed by atoms with van der Waals surface area (Å²) >= 11 is 0. The summed E-state index contributed by atoms with van der Waals surface area (Å²) in [5.41, 5.74) is 2.71. The van der Waals surface area contributed by atoms with Gasteiger partial charge in [0, 0.05) is 13.6 Å². The number of carbonyl (C=O) groups excluding carboxylic acids is 1. The summed E-state index contributed by atoms with van der Waals surface area (Å²) in [7, 11) is 1.87. The molecular formula is C14H20N2O. The van der Waals surface area contributed by atoms with Crippen LogP contribution in [0.25, 0.3) is 0 Å². The standard InChI is InChI=1S/C14H20N2O/c1-11-5-3-6-12(9-11)7-4-8-13-10-15-14(17)16(13)2/h3,5-6,9,13H,4,7-8,10H2,1-2H3,(H,15,17). The van der Waals surface area contributed by atoms with Crippen LogP contribution in [0.2, 0.25) is 0 Å². The number of hydrogen-bond acceptors (Lipinski definition) is 1. The van der Waals surface area contributed by atoms with Gasteiger partial charge in [0.25, 0.3) is 0 Å². The van der Waals surface area contributed by atoms with Crippen molar-refractivity contribution in [1.82, 2.24) is 10.2 Å². The molecule has 1 heterocycles. The topological polar surface area (TPSA) is 32.3 Å². The third kappa shape index (κ3) is 2.99. The van der Waals surface area contributed by atoms with E-state index in [2.05, 4.69) is 36.5 Å². The largest absolute Gasteiger partial charge is 0.336 e. The van der Waals surface area contributed by atoms with E-state index in [0.29, 0.717) is 6.04 Å². The maximum Gasteiger partial charge on any atom is 0.317 e. The van der Waals surface area contributed by atoms with E-state index in [1.54, 1.807) is 0 Å². The van der Waals surface area contributed by atoms with E-state index in [9.17, 15) is 4.79 Å². The third-order valence-electron chi connectivity index (χ3n) is 3.44. The fourth-order valence-electron chi connectivity index (χ4n) is 2.34. The molecule has 1 fully saturated rings. The van der Waals surface area contributed by atoms with E-state index in [-0.39, 0.29) is 6.03 Å². The maximum absolute atomic E-state index is 11.3. The minimum atomic E-state index is 0.0607. The lowest BCUT2D eigenvalue weighted by atomic mass is 10.0. The van der Waals surface area contributed by atoms with E-state index in [4.69, 9.17) is 0 Å². The number of carbonyl (C=O) groups is 1. The summed E-state index contributed by atoms with van der Waals surface area (Å²) in [4.78, 5) is 13.1. The number of benzene rings is 1. The average molecular weight is 232 g/mol. The lowest BCUT2D eigenvalue weighted by molar-refractivity contribution is 0.214. The summed E-state index contributed by atoms with van der Waals surface area (Å²) in [5.74, 6) is 0. The zero-order chi connectivity index (χ0) is 12.3. The van der Waals surface area contributed by atoms with E-state index >= 15 is 0 Å². The molecule has 0 spiro atoms. The van der Waals surface area contributed by atoms with Gasteiger partial charge in [0.1, 0.15) is 0 Å². The molecule has 1 aliphatic heterocycles. The van der Waals surface area contributed by atoms with E-state index in [1.807, 2.05) is 11.9 Å². The van der Waals surface area contributed by atoms with Crippen molar-refractivity contribution in [3.8, 4) is 0 Å². The SMILES string of the molecule is Cc1cccc(CCCC2CNC(=O)N2C)c1. The van der Waals surface area contributed by atoms with Gasteiger partial charge in [0.15, 0.2) is 0 Å². The highest BCUT2D eigenvalue weighted by atomic mass is 16.2. The van der Waals surface area contributed by atoms with Gasteiger partial charge in [-0.3, -0.25) is 0 Å².